The van der Waals surface area contributed by atoms with Gasteiger partial charge in [-0.1, -0.05) is 22.0 Å². The normalized spacial score (nSPS) is 11.1. The molecule has 1 nitrogen and oxygen atoms in total. The summed E-state index contributed by atoms with van der Waals surface area (Å²) in [6.45, 7) is 2.91. The fraction of sp³-hybridized carbons (Fsp3) is 0.273. The van der Waals surface area contributed by atoms with Gasteiger partial charge in [0.1, 0.15) is 0 Å². The molecule has 0 aliphatic rings. The molecule has 2 aromatic rings. The highest BCUT2D eigenvalue weighted by atomic mass is 79.9. The minimum absolute atomic E-state index is 0.731. The fourth-order valence-electron chi connectivity index (χ4n) is 1.62. The third kappa shape index (κ3) is 1.72. The lowest BCUT2D eigenvalue weighted by Gasteiger charge is -1.94. The van der Waals surface area contributed by atoms with Crippen molar-refractivity contribution in [2.75, 3.05) is 6.54 Å². The van der Waals surface area contributed by atoms with E-state index in [0.29, 0.717) is 0 Å². The van der Waals surface area contributed by atoms with Crippen molar-refractivity contribution in [3.05, 3.63) is 33.1 Å². The molecule has 0 saturated heterocycles. The lowest BCUT2D eigenvalue weighted by molar-refractivity contribution is 0.981. The van der Waals surface area contributed by atoms with Gasteiger partial charge in [0.2, 0.25) is 0 Å². The van der Waals surface area contributed by atoms with Gasteiger partial charge in [-0.3, -0.25) is 0 Å². The maximum absolute atomic E-state index is 5.58. The molecule has 2 N–H and O–H groups in total. The molecule has 2 rings (SSSR count). The maximum Gasteiger partial charge on any atom is 0.0359 e. The van der Waals surface area contributed by atoms with Gasteiger partial charge in [-0.15, -0.1) is 11.3 Å². The zero-order valence-electron chi connectivity index (χ0n) is 8.01. The van der Waals surface area contributed by atoms with E-state index in [2.05, 4.69) is 41.1 Å². The number of hydrogen-bond acceptors (Lipinski definition) is 2. The van der Waals surface area contributed by atoms with Crippen LogP contribution in [0.25, 0.3) is 10.1 Å². The van der Waals surface area contributed by atoms with Crippen LogP contribution in [-0.2, 0) is 6.42 Å². The molecule has 0 aliphatic carbocycles. The average Bonchev–Trinajstić information content (AvgIpc) is 2.44. The van der Waals surface area contributed by atoms with Crippen molar-refractivity contribution in [2.45, 2.75) is 13.3 Å². The Labute approximate surface area is 96.1 Å². The van der Waals surface area contributed by atoms with E-state index in [1.165, 1.54) is 20.5 Å². The summed E-state index contributed by atoms with van der Waals surface area (Å²) in [5.74, 6) is 0. The van der Waals surface area contributed by atoms with Crippen LogP contribution < -0.4 is 5.73 Å². The van der Waals surface area contributed by atoms with Crippen molar-refractivity contribution in [1.82, 2.24) is 0 Å². The van der Waals surface area contributed by atoms with E-state index in [-0.39, 0.29) is 0 Å². The van der Waals surface area contributed by atoms with Gasteiger partial charge in [0, 0.05) is 14.0 Å². The summed E-state index contributed by atoms with van der Waals surface area (Å²) in [6.07, 6.45) is 0.989. The van der Waals surface area contributed by atoms with Crippen LogP contribution in [0.3, 0.4) is 0 Å². The molecule has 1 heterocycles. The molecule has 0 saturated carbocycles. The molecule has 14 heavy (non-hydrogen) atoms. The molecular formula is C11H12BrNS. The summed E-state index contributed by atoms with van der Waals surface area (Å²) in [7, 11) is 0. The van der Waals surface area contributed by atoms with Crippen LogP contribution >= 0.6 is 27.3 Å². The lowest BCUT2D eigenvalue weighted by Crippen LogP contribution is -2.01. The maximum atomic E-state index is 5.58. The number of aryl methyl sites for hydroxylation is 1. The Morgan fingerprint density at radius 2 is 2.21 bits per heavy atom. The molecule has 0 atom stereocenters. The van der Waals surface area contributed by atoms with Crippen molar-refractivity contribution >= 4 is 37.4 Å². The molecule has 0 spiro atoms. The van der Waals surface area contributed by atoms with Crippen molar-refractivity contribution < 1.29 is 0 Å². The van der Waals surface area contributed by atoms with Crippen molar-refractivity contribution in [3.8, 4) is 0 Å². The zero-order valence-corrected chi connectivity index (χ0v) is 10.4. The second-order valence-electron chi connectivity index (χ2n) is 3.33. The van der Waals surface area contributed by atoms with Gasteiger partial charge in [0.15, 0.2) is 0 Å². The number of rotatable bonds is 2. The van der Waals surface area contributed by atoms with Crippen LogP contribution in [0, 0.1) is 6.92 Å². The summed E-state index contributed by atoms with van der Waals surface area (Å²) in [4.78, 5) is 1.42. The second kappa shape index (κ2) is 4.01. The number of hydrogen-bond donors (Lipinski definition) is 1. The van der Waals surface area contributed by atoms with Crippen molar-refractivity contribution in [2.24, 2.45) is 5.73 Å². The van der Waals surface area contributed by atoms with E-state index < -0.39 is 0 Å². The van der Waals surface area contributed by atoms with Crippen LogP contribution in [0.2, 0.25) is 0 Å². The van der Waals surface area contributed by atoms with Crippen LogP contribution in [0.1, 0.15) is 10.4 Å². The predicted octanol–water partition coefficient (Wildman–Crippen LogP) is 3.47. The average molecular weight is 270 g/mol. The first-order valence-electron chi connectivity index (χ1n) is 4.60. The summed E-state index contributed by atoms with van der Waals surface area (Å²) < 4.78 is 2.49. The molecule has 1 aromatic carbocycles. The van der Waals surface area contributed by atoms with Gasteiger partial charge in [0.25, 0.3) is 0 Å². The first kappa shape index (κ1) is 10.1. The van der Waals surface area contributed by atoms with Crippen molar-refractivity contribution in [1.29, 1.82) is 0 Å². The quantitative estimate of drug-likeness (QED) is 0.888. The Kier molecular flexibility index (Phi) is 2.91. The van der Waals surface area contributed by atoms with Crippen LogP contribution in [-0.4, -0.2) is 6.54 Å². The number of fused-ring (bicyclic) bond motifs is 1. The van der Waals surface area contributed by atoms with E-state index in [4.69, 9.17) is 5.73 Å². The Hall–Kier alpha value is -0.380. The van der Waals surface area contributed by atoms with Crippen LogP contribution in [0.5, 0.6) is 0 Å². The van der Waals surface area contributed by atoms with Gasteiger partial charge >= 0.3 is 0 Å². The first-order valence-corrected chi connectivity index (χ1v) is 6.21. The Balaban J connectivity index is 2.61. The highest BCUT2D eigenvalue weighted by molar-refractivity contribution is 9.10. The largest absolute Gasteiger partial charge is 0.330 e. The third-order valence-corrected chi connectivity index (χ3v) is 4.18. The number of thiophene rings is 1. The third-order valence-electron chi connectivity index (χ3n) is 2.37. The monoisotopic (exact) mass is 269 g/mol. The molecule has 0 aliphatic heterocycles. The summed E-state index contributed by atoms with van der Waals surface area (Å²) in [5, 5.41) is 1.36. The highest BCUT2D eigenvalue weighted by Crippen LogP contribution is 2.32. The van der Waals surface area contributed by atoms with Crippen LogP contribution in [0.4, 0.5) is 0 Å². The topological polar surface area (TPSA) is 26.0 Å². The van der Waals surface area contributed by atoms with Gasteiger partial charge in [-0.05, 0) is 43.0 Å². The minimum atomic E-state index is 0.731. The predicted molar refractivity (Wildman–Crippen MR) is 67.0 cm³/mol. The SMILES string of the molecule is Cc1c(CCN)sc2cc(Br)ccc12. The summed E-state index contributed by atoms with van der Waals surface area (Å²) >= 11 is 5.34. The number of halogens is 1. The molecule has 0 radical (unpaired) electrons. The van der Waals surface area contributed by atoms with Crippen molar-refractivity contribution in [3.63, 3.8) is 0 Å². The zero-order chi connectivity index (χ0) is 10.1. The summed E-state index contributed by atoms with van der Waals surface area (Å²) in [6, 6.07) is 6.44. The molecule has 74 valence electrons. The fourth-order valence-corrected chi connectivity index (χ4v) is 3.40. The van der Waals surface area contributed by atoms with Gasteiger partial charge in [-0.2, -0.15) is 0 Å². The smallest absolute Gasteiger partial charge is 0.0359 e. The Morgan fingerprint density at radius 1 is 1.43 bits per heavy atom. The molecular weight excluding hydrogens is 258 g/mol. The van der Waals surface area contributed by atoms with Gasteiger partial charge in [-0.25, -0.2) is 0 Å². The van der Waals surface area contributed by atoms with E-state index in [1.54, 1.807) is 0 Å². The minimum Gasteiger partial charge on any atom is -0.330 e. The van der Waals surface area contributed by atoms with E-state index in [0.717, 1.165) is 17.4 Å². The second-order valence-corrected chi connectivity index (χ2v) is 5.38. The lowest BCUT2D eigenvalue weighted by atomic mass is 10.1. The standard InChI is InChI=1S/C11H12BrNS/c1-7-9-3-2-8(12)6-11(9)14-10(7)4-5-13/h2-3,6H,4-5,13H2,1H3. The van der Waals surface area contributed by atoms with E-state index in [9.17, 15) is 0 Å². The molecule has 0 fully saturated rings. The van der Waals surface area contributed by atoms with Crippen LogP contribution in [0.15, 0.2) is 22.7 Å². The van der Waals surface area contributed by atoms with E-state index >= 15 is 0 Å². The molecule has 3 heteroatoms. The molecule has 0 unspecified atom stereocenters. The summed E-state index contributed by atoms with van der Waals surface area (Å²) in [5.41, 5.74) is 6.97. The molecule has 0 amide bonds. The Morgan fingerprint density at radius 3 is 2.93 bits per heavy atom. The number of nitrogens with two attached hydrogens (primary N) is 1. The van der Waals surface area contributed by atoms with Gasteiger partial charge in [0.05, 0.1) is 0 Å². The molecule has 1 aromatic heterocycles. The molecule has 0 bridgehead atoms. The van der Waals surface area contributed by atoms with E-state index in [1.807, 2.05) is 11.3 Å². The Bertz CT molecular complexity index is 462. The first-order chi connectivity index (χ1) is 6.72. The highest BCUT2D eigenvalue weighted by Gasteiger charge is 2.07. The number of benzene rings is 1. The van der Waals surface area contributed by atoms with Gasteiger partial charge < -0.3 is 5.73 Å².